The summed E-state index contributed by atoms with van der Waals surface area (Å²) in [4.78, 5) is 0. The first-order valence-electron chi connectivity index (χ1n) is 16.3. The number of para-hydroxylation sites is 3. The quantitative estimate of drug-likeness (QED) is 0.194. The third kappa shape index (κ3) is 3.98. The van der Waals surface area contributed by atoms with Crippen molar-refractivity contribution < 1.29 is 4.42 Å². The lowest BCUT2D eigenvalue weighted by atomic mass is 10.0. The van der Waals surface area contributed by atoms with Crippen LogP contribution in [0.4, 0.5) is 0 Å². The lowest BCUT2D eigenvalue weighted by Gasteiger charge is -2.18. The van der Waals surface area contributed by atoms with Gasteiger partial charge in [0.1, 0.15) is 11.2 Å². The zero-order valence-corrected chi connectivity index (χ0v) is 26.1. The van der Waals surface area contributed by atoms with E-state index < -0.39 is 0 Å². The van der Waals surface area contributed by atoms with Crippen molar-refractivity contribution >= 4 is 55.9 Å². The zero-order valence-electron chi connectivity index (χ0n) is 26.1. The molecule has 9 rings (SSSR count). The van der Waals surface area contributed by atoms with Gasteiger partial charge in [0.15, 0.2) is 0 Å². The Hall–Kier alpha value is -5.54. The standard InChI is InChI=1S/C43H34N2O/c1-3-13-32-33-14-5-9-18-39(33)44(38(32)4-2)30-24-29(28-22-23-43-37(26-28)36-17-8-12-21-42(36)46-43)25-31(27-30)45-40-19-10-6-15-34(40)35-16-7-11-20-41(35)45/h3,5-10,12-19,21-27H,4,11,20H2,1-2H3/b13-3-. The first-order valence-corrected chi connectivity index (χ1v) is 16.3. The van der Waals surface area contributed by atoms with Gasteiger partial charge in [-0.25, -0.2) is 0 Å². The van der Waals surface area contributed by atoms with Crippen molar-refractivity contribution in [2.75, 3.05) is 0 Å². The molecule has 5 aromatic carbocycles. The van der Waals surface area contributed by atoms with Crippen LogP contribution in [-0.4, -0.2) is 9.13 Å². The molecule has 0 fully saturated rings. The molecule has 0 bridgehead atoms. The molecule has 1 aliphatic rings. The Labute approximate surface area is 268 Å². The second kappa shape index (κ2) is 10.5. The molecule has 0 amide bonds. The maximum absolute atomic E-state index is 6.21. The highest BCUT2D eigenvalue weighted by Crippen LogP contribution is 2.39. The van der Waals surface area contributed by atoms with E-state index in [4.69, 9.17) is 4.42 Å². The summed E-state index contributed by atoms with van der Waals surface area (Å²) in [5.74, 6) is 0. The highest BCUT2D eigenvalue weighted by Gasteiger charge is 2.21. The average molecular weight is 595 g/mol. The summed E-state index contributed by atoms with van der Waals surface area (Å²) in [6, 6.07) is 39.8. The smallest absolute Gasteiger partial charge is 0.135 e. The normalized spacial score (nSPS) is 13.2. The number of rotatable bonds is 5. The van der Waals surface area contributed by atoms with Crippen LogP contribution in [0.1, 0.15) is 42.8 Å². The van der Waals surface area contributed by atoms with E-state index in [1.807, 2.05) is 12.1 Å². The fraction of sp³-hybridized carbons (Fsp3) is 0.116. The van der Waals surface area contributed by atoms with Gasteiger partial charge in [-0.1, -0.05) is 91.9 Å². The van der Waals surface area contributed by atoms with Crippen LogP contribution < -0.4 is 0 Å². The third-order valence-corrected chi connectivity index (χ3v) is 9.66. The van der Waals surface area contributed by atoms with E-state index in [0.29, 0.717) is 0 Å². The van der Waals surface area contributed by atoms with Crippen molar-refractivity contribution in [1.29, 1.82) is 0 Å². The molecule has 0 radical (unpaired) electrons. The molecular formula is C43H34N2O. The molecule has 3 heteroatoms. The molecule has 3 nitrogen and oxygen atoms in total. The number of hydrogen-bond donors (Lipinski definition) is 0. The summed E-state index contributed by atoms with van der Waals surface area (Å²) in [5, 5.41) is 4.88. The van der Waals surface area contributed by atoms with Gasteiger partial charge in [-0.05, 0) is 85.8 Å². The molecule has 0 N–H and O–H groups in total. The van der Waals surface area contributed by atoms with Gasteiger partial charge in [0.25, 0.3) is 0 Å². The first-order chi connectivity index (χ1) is 22.7. The van der Waals surface area contributed by atoms with Gasteiger partial charge in [-0.15, -0.1) is 0 Å². The van der Waals surface area contributed by atoms with Gasteiger partial charge in [0, 0.05) is 55.4 Å². The number of nitrogens with zero attached hydrogens (tertiary/aromatic N) is 2. The molecule has 0 saturated carbocycles. The van der Waals surface area contributed by atoms with Crippen LogP contribution in [0.25, 0.3) is 78.4 Å². The molecule has 3 aromatic heterocycles. The predicted molar refractivity (Wildman–Crippen MR) is 194 cm³/mol. The Morgan fingerprint density at radius 1 is 0.674 bits per heavy atom. The second-order valence-corrected chi connectivity index (χ2v) is 12.3. The second-order valence-electron chi connectivity index (χ2n) is 12.3. The topological polar surface area (TPSA) is 23.0 Å². The SMILES string of the molecule is C/C=C\c1c(CC)n(-c2cc(-c3ccc4oc5ccccc5c4c3)cc(-n3c4c(c5ccccc53)C=CCC4)c2)c2ccccc12. The molecule has 0 atom stereocenters. The van der Waals surface area contributed by atoms with Crippen molar-refractivity contribution in [1.82, 2.24) is 9.13 Å². The van der Waals surface area contributed by atoms with Gasteiger partial charge >= 0.3 is 0 Å². The molecule has 0 unspecified atom stereocenters. The van der Waals surface area contributed by atoms with Crippen molar-refractivity contribution in [3.63, 3.8) is 0 Å². The molecule has 46 heavy (non-hydrogen) atoms. The van der Waals surface area contributed by atoms with E-state index in [2.05, 4.69) is 144 Å². The van der Waals surface area contributed by atoms with E-state index in [1.165, 1.54) is 66.8 Å². The lowest BCUT2D eigenvalue weighted by Crippen LogP contribution is -2.06. The van der Waals surface area contributed by atoms with Gasteiger partial charge in [0.2, 0.25) is 0 Å². The van der Waals surface area contributed by atoms with Crippen LogP contribution in [0.5, 0.6) is 0 Å². The molecule has 3 heterocycles. The molecule has 8 aromatic rings. The van der Waals surface area contributed by atoms with E-state index in [-0.39, 0.29) is 0 Å². The minimum atomic E-state index is 0.916. The maximum atomic E-state index is 6.21. The van der Waals surface area contributed by atoms with Gasteiger partial charge in [-0.3, -0.25) is 0 Å². The Morgan fingerprint density at radius 2 is 1.37 bits per heavy atom. The summed E-state index contributed by atoms with van der Waals surface area (Å²) >= 11 is 0. The summed E-state index contributed by atoms with van der Waals surface area (Å²) in [6.45, 7) is 4.37. The minimum Gasteiger partial charge on any atom is -0.456 e. The Balaban J connectivity index is 1.37. The largest absolute Gasteiger partial charge is 0.456 e. The van der Waals surface area contributed by atoms with Gasteiger partial charge in [-0.2, -0.15) is 0 Å². The third-order valence-electron chi connectivity index (χ3n) is 9.66. The number of fused-ring (bicyclic) bond motifs is 7. The van der Waals surface area contributed by atoms with Crippen molar-refractivity contribution in [2.24, 2.45) is 0 Å². The minimum absolute atomic E-state index is 0.916. The number of hydrogen-bond acceptors (Lipinski definition) is 1. The van der Waals surface area contributed by atoms with E-state index >= 15 is 0 Å². The Kier molecular flexibility index (Phi) is 6.14. The van der Waals surface area contributed by atoms with Crippen molar-refractivity contribution in [2.45, 2.75) is 33.1 Å². The molecule has 1 aliphatic carbocycles. The van der Waals surface area contributed by atoms with E-state index in [9.17, 15) is 0 Å². The summed E-state index contributed by atoms with van der Waals surface area (Å²) in [7, 11) is 0. The monoisotopic (exact) mass is 594 g/mol. The predicted octanol–water partition coefficient (Wildman–Crippen LogP) is 11.7. The zero-order chi connectivity index (χ0) is 30.8. The fourth-order valence-corrected chi connectivity index (χ4v) is 7.71. The molecule has 0 saturated heterocycles. The van der Waals surface area contributed by atoms with Crippen molar-refractivity contribution in [3.8, 4) is 22.5 Å². The van der Waals surface area contributed by atoms with Crippen LogP contribution in [0.2, 0.25) is 0 Å². The van der Waals surface area contributed by atoms with Gasteiger partial charge < -0.3 is 13.6 Å². The average Bonchev–Trinajstić information content (AvgIpc) is 3.75. The van der Waals surface area contributed by atoms with E-state index in [0.717, 1.165) is 41.2 Å². The molecular weight excluding hydrogens is 560 g/mol. The fourth-order valence-electron chi connectivity index (χ4n) is 7.71. The first kappa shape index (κ1) is 26.8. The van der Waals surface area contributed by atoms with Crippen LogP contribution in [0, 0.1) is 0 Å². The van der Waals surface area contributed by atoms with Crippen LogP contribution in [-0.2, 0) is 12.8 Å². The van der Waals surface area contributed by atoms with Crippen LogP contribution in [0.3, 0.4) is 0 Å². The highest BCUT2D eigenvalue weighted by atomic mass is 16.3. The molecule has 0 aliphatic heterocycles. The van der Waals surface area contributed by atoms with Crippen molar-refractivity contribution in [3.05, 3.63) is 144 Å². The number of benzene rings is 5. The lowest BCUT2D eigenvalue weighted by molar-refractivity contribution is 0.669. The van der Waals surface area contributed by atoms with E-state index in [1.54, 1.807) is 0 Å². The van der Waals surface area contributed by atoms with Gasteiger partial charge in [0.05, 0.1) is 11.0 Å². The summed E-state index contributed by atoms with van der Waals surface area (Å²) < 4.78 is 11.2. The van der Waals surface area contributed by atoms with Crippen LogP contribution in [0.15, 0.2) is 126 Å². The maximum Gasteiger partial charge on any atom is 0.135 e. The molecule has 222 valence electrons. The van der Waals surface area contributed by atoms with Crippen LogP contribution >= 0.6 is 0 Å². The summed E-state index contributed by atoms with van der Waals surface area (Å²) in [5.41, 5.74) is 14.4. The Morgan fingerprint density at radius 3 is 2.17 bits per heavy atom. The number of aromatic nitrogens is 2. The number of allylic oxidation sites excluding steroid dienone is 2. The summed E-state index contributed by atoms with van der Waals surface area (Å²) in [6.07, 6.45) is 12.0. The Bertz CT molecular complexity index is 2530. The highest BCUT2D eigenvalue weighted by molar-refractivity contribution is 6.06. The number of furan rings is 1. The molecule has 0 spiro atoms.